The van der Waals surface area contributed by atoms with Gasteiger partial charge in [0.2, 0.25) is 0 Å². The van der Waals surface area contributed by atoms with E-state index in [1.54, 1.807) is 48.7 Å². The van der Waals surface area contributed by atoms with E-state index in [0.717, 1.165) is 23.3 Å². The standard InChI is InChI=1S/C23H22ClN5O3S/c1-31-19-5-3-16(24)21-20(19)27-23(33-21)29(9-8-28-10-12-32-13-11-28)22(30)15-2-4-17-18(14-15)26-7-6-25-17/h2-7,14H,8-13H2,1H3. The fraction of sp³-hybridized carbons (Fsp3) is 0.304. The minimum Gasteiger partial charge on any atom is -0.494 e. The van der Waals surface area contributed by atoms with Gasteiger partial charge in [-0.25, -0.2) is 4.98 Å². The molecule has 0 bridgehead atoms. The fourth-order valence-corrected chi connectivity index (χ4v) is 5.10. The van der Waals surface area contributed by atoms with Crippen LogP contribution in [0.4, 0.5) is 5.13 Å². The van der Waals surface area contributed by atoms with Gasteiger partial charge in [0, 0.05) is 44.1 Å². The summed E-state index contributed by atoms with van der Waals surface area (Å²) in [5, 5.41) is 1.16. The van der Waals surface area contributed by atoms with E-state index in [4.69, 9.17) is 26.1 Å². The Morgan fingerprint density at radius 3 is 2.76 bits per heavy atom. The number of fused-ring (bicyclic) bond motifs is 2. The van der Waals surface area contributed by atoms with Crippen LogP contribution in [0.1, 0.15) is 10.4 Å². The lowest BCUT2D eigenvalue weighted by Crippen LogP contribution is -2.43. The van der Waals surface area contributed by atoms with Crippen molar-refractivity contribution in [1.29, 1.82) is 0 Å². The molecule has 0 atom stereocenters. The number of thiazole rings is 1. The molecule has 0 radical (unpaired) electrons. The van der Waals surface area contributed by atoms with Crippen LogP contribution in [0.25, 0.3) is 21.3 Å². The van der Waals surface area contributed by atoms with Crippen LogP contribution in [0.5, 0.6) is 5.75 Å². The number of anilines is 1. The van der Waals surface area contributed by atoms with Crippen molar-refractivity contribution in [3.8, 4) is 5.75 Å². The average Bonchev–Trinajstić information content (AvgIpc) is 3.31. The van der Waals surface area contributed by atoms with Crippen molar-refractivity contribution in [2.75, 3.05) is 51.4 Å². The van der Waals surface area contributed by atoms with E-state index >= 15 is 0 Å². The molecule has 3 heterocycles. The summed E-state index contributed by atoms with van der Waals surface area (Å²) < 4.78 is 11.7. The molecule has 4 aromatic rings. The molecule has 1 aliphatic heterocycles. The second-order valence-electron chi connectivity index (χ2n) is 7.59. The van der Waals surface area contributed by atoms with Gasteiger partial charge in [0.1, 0.15) is 11.3 Å². The summed E-state index contributed by atoms with van der Waals surface area (Å²) in [6, 6.07) is 8.94. The first kappa shape index (κ1) is 22.0. The summed E-state index contributed by atoms with van der Waals surface area (Å²) >= 11 is 7.82. The highest BCUT2D eigenvalue weighted by atomic mass is 35.5. The Morgan fingerprint density at radius 2 is 1.97 bits per heavy atom. The molecule has 0 aliphatic carbocycles. The summed E-state index contributed by atoms with van der Waals surface area (Å²) in [4.78, 5) is 31.1. The summed E-state index contributed by atoms with van der Waals surface area (Å²) in [6.07, 6.45) is 3.26. The first-order valence-corrected chi connectivity index (χ1v) is 11.8. The SMILES string of the molecule is COc1ccc(Cl)c2sc(N(CCN3CCOCC3)C(=O)c3ccc4nccnc4c3)nc12. The van der Waals surface area contributed by atoms with Crippen molar-refractivity contribution in [1.82, 2.24) is 19.9 Å². The second kappa shape index (κ2) is 9.56. The number of benzene rings is 2. The maximum Gasteiger partial charge on any atom is 0.260 e. The van der Waals surface area contributed by atoms with Crippen LogP contribution in [-0.4, -0.2) is 72.3 Å². The third-order valence-corrected chi connectivity index (χ3v) is 7.14. The van der Waals surface area contributed by atoms with Gasteiger partial charge in [0.25, 0.3) is 5.91 Å². The Labute approximate surface area is 199 Å². The molecule has 170 valence electrons. The van der Waals surface area contributed by atoms with Gasteiger partial charge >= 0.3 is 0 Å². The lowest BCUT2D eigenvalue weighted by Gasteiger charge is -2.29. The number of aromatic nitrogens is 3. The molecule has 1 aliphatic rings. The monoisotopic (exact) mass is 483 g/mol. The van der Waals surface area contributed by atoms with Crippen LogP contribution < -0.4 is 9.64 Å². The Bertz CT molecular complexity index is 1310. The lowest BCUT2D eigenvalue weighted by atomic mass is 10.1. The van der Waals surface area contributed by atoms with Crippen LogP contribution in [-0.2, 0) is 4.74 Å². The van der Waals surface area contributed by atoms with Gasteiger partial charge in [-0.15, -0.1) is 0 Å². The van der Waals surface area contributed by atoms with Crippen LogP contribution in [0.2, 0.25) is 5.02 Å². The third-order valence-electron chi connectivity index (χ3n) is 5.60. The first-order chi connectivity index (χ1) is 16.1. The minimum absolute atomic E-state index is 0.148. The predicted molar refractivity (Wildman–Crippen MR) is 130 cm³/mol. The summed E-state index contributed by atoms with van der Waals surface area (Å²) in [5.74, 6) is 0.475. The van der Waals surface area contributed by atoms with E-state index in [-0.39, 0.29) is 5.91 Å². The highest BCUT2D eigenvalue weighted by Crippen LogP contribution is 2.39. The molecule has 1 fully saturated rings. The van der Waals surface area contributed by atoms with E-state index in [2.05, 4.69) is 14.9 Å². The molecule has 1 saturated heterocycles. The first-order valence-electron chi connectivity index (χ1n) is 10.6. The molecule has 8 nitrogen and oxygen atoms in total. The van der Waals surface area contributed by atoms with Crippen LogP contribution in [0, 0.1) is 0 Å². The van der Waals surface area contributed by atoms with E-state index in [0.29, 0.717) is 58.8 Å². The topological polar surface area (TPSA) is 80.7 Å². The fourth-order valence-electron chi connectivity index (χ4n) is 3.82. The smallest absolute Gasteiger partial charge is 0.260 e. The molecular formula is C23H22ClN5O3S. The number of carbonyl (C=O) groups is 1. The number of rotatable bonds is 6. The van der Waals surface area contributed by atoms with E-state index in [1.165, 1.54) is 11.3 Å². The number of hydrogen-bond acceptors (Lipinski definition) is 8. The normalized spacial score (nSPS) is 14.6. The van der Waals surface area contributed by atoms with Crippen LogP contribution in [0.15, 0.2) is 42.7 Å². The van der Waals surface area contributed by atoms with Crippen molar-refractivity contribution < 1.29 is 14.3 Å². The van der Waals surface area contributed by atoms with Crippen molar-refractivity contribution >= 4 is 55.2 Å². The Balaban J connectivity index is 1.52. The highest BCUT2D eigenvalue weighted by Gasteiger charge is 2.24. The van der Waals surface area contributed by atoms with Gasteiger partial charge in [-0.3, -0.25) is 24.6 Å². The molecule has 0 unspecified atom stereocenters. The van der Waals surface area contributed by atoms with Crippen molar-refractivity contribution in [3.63, 3.8) is 0 Å². The van der Waals surface area contributed by atoms with Gasteiger partial charge in [-0.1, -0.05) is 22.9 Å². The maximum atomic E-state index is 13.7. The predicted octanol–water partition coefficient (Wildman–Crippen LogP) is 3.88. The van der Waals surface area contributed by atoms with Gasteiger partial charge in [0.05, 0.1) is 41.1 Å². The van der Waals surface area contributed by atoms with Gasteiger partial charge < -0.3 is 9.47 Å². The van der Waals surface area contributed by atoms with Crippen LogP contribution >= 0.6 is 22.9 Å². The van der Waals surface area contributed by atoms with E-state index < -0.39 is 0 Å². The number of nitrogens with zero attached hydrogens (tertiary/aromatic N) is 5. The van der Waals surface area contributed by atoms with Gasteiger partial charge in [0.15, 0.2) is 5.13 Å². The molecule has 0 N–H and O–H groups in total. The zero-order chi connectivity index (χ0) is 22.8. The lowest BCUT2D eigenvalue weighted by molar-refractivity contribution is 0.0391. The average molecular weight is 484 g/mol. The third kappa shape index (κ3) is 4.49. The zero-order valence-corrected chi connectivity index (χ0v) is 19.6. The zero-order valence-electron chi connectivity index (χ0n) is 18.0. The molecule has 0 spiro atoms. The minimum atomic E-state index is -0.148. The Morgan fingerprint density at radius 1 is 1.18 bits per heavy atom. The molecular weight excluding hydrogens is 462 g/mol. The van der Waals surface area contributed by atoms with Crippen LogP contribution in [0.3, 0.4) is 0 Å². The molecule has 1 amide bonds. The summed E-state index contributed by atoms with van der Waals surface area (Å²) in [6.45, 7) is 4.27. The highest BCUT2D eigenvalue weighted by molar-refractivity contribution is 7.23. The number of morpholine rings is 1. The maximum absolute atomic E-state index is 13.7. The quantitative estimate of drug-likeness (QED) is 0.411. The number of hydrogen-bond donors (Lipinski definition) is 0. The van der Waals surface area contributed by atoms with E-state index in [9.17, 15) is 4.79 Å². The molecule has 2 aromatic heterocycles. The number of carbonyl (C=O) groups excluding carboxylic acids is 1. The number of ether oxygens (including phenoxy) is 2. The second-order valence-corrected chi connectivity index (χ2v) is 8.98. The Kier molecular flexibility index (Phi) is 6.37. The molecule has 33 heavy (non-hydrogen) atoms. The summed E-state index contributed by atoms with van der Waals surface area (Å²) in [7, 11) is 1.60. The molecule has 0 saturated carbocycles. The largest absolute Gasteiger partial charge is 0.494 e. The molecule has 10 heteroatoms. The van der Waals surface area contributed by atoms with Gasteiger partial charge in [-0.2, -0.15) is 0 Å². The number of methoxy groups -OCH3 is 1. The van der Waals surface area contributed by atoms with Crippen molar-refractivity contribution in [2.45, 2.75) is 0 Å². The Hall–Kier alpha value is -2.85. The van der Waals surface area contributed by atoms with Crippen molar-refractivity contribution in [2.24, 2.45) is 0 Å². The van der Waals surface area contributed by atoms with E-state index in [1.807, 2.05) is 6.07 Å². The summed E-state index contributed by atoms with van der Waals surface area (Å²) in [5.41, 5.74) is 2.59. The number of halogens is 1. The number of amides is 1. The molecule has 2 aromatic carbocycles. The molecule has 5 rings (SSSR count). The van der Waals surface area contributed by atoms with Gasteiger partial charge in [-0.05, 0) is 30.3 Å². The van der Waals surface area contributed by atoms with Crippen molar-refractivity contribution in [3.05, 3.63) is 53.3 Å².